The summed E-state index contributed by atoms with van der Waals surface area (Å²) >= 11 is 0. The number of amides is 1. The van der Waals surface area contributed by atoms with Crippen LogP contribution >= 0.6 is 0 Å². The molecule has 1 atom stereocenters. The Morgan fingerprint density at radius 2 is 2.17 bits per heavy atom. The number of carbonyl (C=O) groups is 1. The van der Waals surface area contributed by atoms with Crippen molar-refractivity contribution in [2.45, 2.75) is 26.4 Å². The third-order valence-corrected chi connectivity index (χ3v) is 2.75. The second-order valence-electron chi connectivity index (χ2n) is 4.47. The Bertz CT molecular complexity index is 404. The van der Waals surface area contributed by atoms with Gasteiger partial charge in [-0.25, -0.2) is 0 Å². The summed E-state index contributed by atoms with van der Waals surface area (Å²) < 4.78 is 4.82. The molecule has 2 N–H and O–H groups in total. The second kappa shape index (κ2) is 7.13. The minimum Gasteiger partial charge on any atom is -0.391 e. The number of aliphatic hydroxyl groups is 1. The average molecular weight is 251 g/mol. The van der Waals surface area contributed by atoms with Gasteiger partial charge in [-0.2, -0.15) is 0 Å². The fourth-order valence-electron chi connectivity index (χ4n) is 1.79. The Balaban J connectivity index is 2.45. The summed E-state index contributed by atoms with van der Waals surface area (Å²) in [5.41, 5.74) is 2.78. The molecule has 18 heavy (non-hydrogen) atoms. The second-order valence-corrected chi connectivity index (χ2v) is 4.47. The molecule has 0 bridgehead atoms. The number of aliphatic hydroxyl groups excluding tert-OH is 1. The highest BCUT2D eigenvalue weighted by molar-refractivity contribution is 5.95. The third-order valence-electron chi connectivity index (χ3n) is 2.75. The van der Waals surface area contributed by atoms with Crippen molar-refractivity contribution >= 4 is 5.91 Å². The summed E-state index contributed by atoms with van der Waals surface area (Å²) in [7, 11) is 1.54. The Morgan fingerprint density at radius 1 is 1.44 bits per heavy atom. The third kappa shape index (κ3) is 4.47. The molecule has 0 aliphatic carbocycles. The first kappa shape index (κ1) is 14.7. The van der Waals surface area contributed by atoms with Gasteiger partial charge in [0.2, 0.25) is 0 Å². The van der Waals surface area contributed by atoms with Gasteiger partial charge in [-0.05, 0) is 31.9 Å². The van der Waals surface area contributed by atoms with Crippen LogP contribution in [-0.4, -0.2) is 37.4 Å². The molecule has 0 radical (unpaired) electrons. The van der Waals surface area contributed by atoms with Gasteiger partial charge in [0.1, 0.15) is 0 Å². The van der Waals surface area contributed by atoms with Gasteiger partial charge in [0.05, 0.1) is 12.7 Å². The van der Waals surface area contributed by atoms with Crippen LogP contribution in [0.25, 0.3) is 0 Å². The van der Waals surface area contributed by atoms with E-state index in [1.54, 1.807) is 0 Å². The van der Waals surface area contributed by atoms with Gasteiger partial charge < -0.3 is 15.2 Å². The molecule has 1 amide bonds. The van der Waals surface area contributed by atoms with Crippen LogP contribution in [0.2, 0.25) is 0 Å². The van der Waals surface area contributed by atoms with Crippen molar-refractivity contribution < 1.29 is 14.6 Å². The molecule has 0 fully saturated rings. The molecular weight excluding hydrogens is 230 g/mol. The first-order valence-electron chi connectivity index (χ1n) is 6.07. The smallest absolute Gasteiger partial charge is 0.251 e. The van der Waals surface area contributed by atoms with Crippen molar-refractivity contribution in [1.82, 2.24) is 5.32 Å². The molecule has 0 aliphatic rings. The number of nitrogens with one attached hydrogen (secondary N) is 1. The van der Waals surface area contributed by atoms with E-state index in [1.807, 2.05) is 32.0 Å². The Morgan fingerprint density at radius 3 is 2.78 bits per heavy atom. The predicted molar refractivity (Wildman–Crippen MR) is 70.7 cm³/mol. The SMILES string of the molecule is COCC(O)CCNC(=O)c1ccc(C)cc1C. The van der Waals surface area contributed by atoms with Crippen molar-refractivity contribution in [2.75, 3.05) is 20.3 Å². The number of methoxy groups -OCH3 is 1. The summed E-state index contributed by atoms with van der Waals surface area (Å²) in [6, 6.07) is 5.72. The van der Waals surface area contributed by atoms with Gasteiger partial charge in [0.25, 0.3) is 5.91 Å². The molecule has 4 heteroatoms. The molecule has 1 rings (SSSR count). The van der Waals surface area contributed by atoms with Crippen LogP contribution < -0.4 is 5.32 Å². The lowest BCUT2D eigenvalue weighted by Crippen LogP contribution is -2.28. The highest BCUT2D eigenvalue weighted by atomic mass is 16.5. The van der Waals surface area contributed by atoms with E-state index in [0.29, 0.717) is 25.1 Å². The van der Waals surface area contributed by atoms with Crippen LogP contribution in [0.5, 0.6) is 0 Å². The minimum absolute atomic E-state index is 0.0999. The van der Waals surface area contributed by atoms with E-state index in [4.69, 9.17) is 4.74 Å². The fourth-order valence-corrected chi connectivity index (χ4v) is 1.79. The lowest BCUT2D eigenvalue weighted by Gasteiger charge is -2.11. The van der Waals surface area contributed by atoms with Crippen LogP contribution in [0, 0.1) is 13.8 Å². The number of hydrogen-bond acceptors (Lipinski definition) is 3. The number of benzene rings is 1. The van der Waals surface area contributed by atoms with E-state index in [1.165, 1.54) is 7.11 Å². The number of hydrogen-bond donors (Lipinski definition) is 2. The molecule has 0 aliphatic heterocycles. The minimum atomic E-state index is -0.533. The molecule has 4 nitrogen and oxygen atoms in total. The first-order chi connectivity index (χ1) is 8.54. The zero-order valence-corrected chi connectivity index (χ0v) is 11.2. The molecular formula is C14H21NO3. The van der Waals surface area contributed by atoms with Gasteiger partial charge in [-0.3, -0.25) is 4.79 Å². The summed E-state index contributed by atoms with van der Waals surface area (Å²) in [6.45, 7) is 4.65. The summed E-state index contributed by atoms with van der Waals surface area (Å²) in [5.74, 6) is -0.0999. The van der Waals surface area contributed by atoms with Gasteiger partial charge in [-0.1, -0.05) is 17.7 Å². The van der Waals surface area contributed by atoms with Crippen molar-refractivity contribution in [1.29, 1.82) is 0 Å². The van der Waals surface area contributed by atoms with Gasteiger partial charge in [-0.15, -0.1) is 0 Å². The van der Waals surface area contributed by atoms with Crippen LogP contribution in [0.15, 0.2) is 18.2 Å². The quantitative estimate of drug-likeness (QED) is 0.804. The number of carbonyl (C=O) groups excluding carboxylic acids is 1. The highest BCUT2D eigenvalue weighted by Crippen LogP contribution is 2.10. The van der Waals surface area contributed by atoms with Crippen LogP contribution in [0.1, 0.15) is 27.9 Å². The average Bonchev–Trinajstić information content (AvgIpc) is 2.29. The highest BCUT2D eigenvalue weighted by Gasteiger charge is 2.09. The van der Waals surface area contributed by atoms with Crippen molar-refractivity contribution in [2.24, 2.45) is 0 Å². The number of ether oxygens (including phenoxy) is 1. The summed E-state index contributed by atoms with van der Waals surface area (Å²) in [5, 5.41) is 12.2. The normalized spacial score (nSPS) is 12.2. The molecule has 0 aromatic heterocycles. The monoisotopic (exact) mass is 251 g/mol. The first-order valence-corrected chi connectivity index (χ1v) is 6.07. The summed E-state index contributed by atoms with van der Waals surface area (Å²) in [4.78, 5) is 11.9. The molecule has 100 valence electrons. The molecule has 0 saturated carbocycles. The largest absolute Gasteiger partial charge is 0.391 e. The van der Waals surface area contributed by atoms with Crippen LogP contribution in [-0.2, 0) is 4.74 Å². The topological polar surface area (TPSA) is 58.6 Å². The zero-order valence-electron chi connectivity index (χ0n) is 11.2. The maximum absolute atomic E-state index is 11.9. The Labute approximate surface area is 108 Å². The standard InChI is InChI=1S/C14H21NO3/c1-10-4-5-13(11(2)8-10)14(17)15-7-6-12(16)9-18-3/h4-5,8,12,16H,6-7,9H2,1-3H3,(H,15,17). The van der Waals surface area contributed by atoms with E-state index in [-0.39, 0.29) is 5.91 Å². The van der Waals surface area contributed by atoms with Crippen molar-refractivity contribution in [3.8, 4) is 0 Å². The van der Waals surface area contributed by atoms with Gasteiger partial charge in [0, 0.05) is 19.2 Å². The van der Waals surface area contributed by atoms with E-state index in [2.05, 4.69) is 5.32 Å². The predicted octanol–water partition coefficient (Wildman–Crippen LogP) is 1.43. The lowest BCUT2D eigenvalue weighted by atomic mass is 10.1. The Hall–Kier alpha value is -1.39. The summed E-state index contributed by atoms with van der Waals surface area (Å²) in [6.07, 6.45) is -0.0424. The van der Waals surface area contributed by atoms with E-state index in [9.17, 15) is 9.90 Å². The van der Waals surface area contributed by atoms with E-state index in [0.717, 1.165) is 11.1 Å². The number of rotatable bonds is 6. The van der Waals surface area contributed by atoms with Crippen LogP contribution in [0.3, 0.4) is 0 Å². The number of aryl methyl sites for hydroxylation is 2. The molecule has 0 spiro atoms. The zero-order chi connectivity index (χ0) is 13.5. The lowest BCUT2D eigenvalue weighted by molar-refractivity contribution is 0.0587. The van der Waals surface area contributed by atoms with Crippen molar-refractivity contribution in [3.63, 3.8) is 0 Å². The molecule has 0 saturated heterocycles. The molecule has 1 aromatic carbocycles. The van der Waals surface area contributed by atoms with E-state index >= 15 is 0 Å². The molecule has 0 heterocycles. The van der Waals surface area contributed by atoms with Gasteiger partial charge in [0.15, 0.2) is 0 Å². The van der Waals surface area contributed by atoms with Gasteiger partial charge >= 0.3 is 0 Å². The molecule has 1 aromatic rings. The van der Waals surface area contributed by atoms with E-state index < -0.39 is 6.10 Å². The Kier molecular flexibility index (Phi) is 5.82. The fraction of sp³-hybridized carbons (Fsp3) is 0.500. The maximum Gasteiger partial charge on any atom is 0.251 e. The van der Waals surface area contributed by atoms with Crippen molar-refractivity contribution in [3.05, 3.63) is 34.9 Å². The maximum atomic E-state index is 11.9. The molecule has 1 unspecified atom stereocenters. The van der Waals surface area contributed by atoms with Crippen LogP contribution in [0.4, 0.5) is 0 Å².